The third-order valence-electron chi connectivity index (χ3n) is 4.86. The van der Waals surface area contributed by atoms with Crippen LogP contribution in [0.1, 0.15) is 11.8 Å². The molecule has 0 bridgehead atoms. The summed E-state index contributed by atoms with van der Waals surface area (Å²) in [6, 6.07) is 6.08. The fourth-order valence-corrected chi connectivity index (χ4v) is 4.48. The van der Waals surface area contributed by atoms with Crippen molar-refractivity contribution in [1.82, 2.24) is 19.5 Å². The molecule has 3 aromatic rings. The molecule has 176 valence electrons. The van der Waals surface area contributed by atoms with Crippen LogP contribution in [-0.2, 0) is 19.6 Å². The first-order valence-corrected chi connectivity index (χ1v) is 11.8. The first-order valence-electron chi connectivity index (χ1n) is 9.36. The summed E-state index contributed by atoms with van der Waals surface area (Å²) in [6.07, 6.45) is -2.82. The van der Waals surface area contributed by atoms with Crippen molar-refractivity contribution < 1.29 is 97.9 Å². The van der Waals surface area contributed by atoms with Crippen LogP contribution >= 0.6 is 19.6 Å². The average Bonchev–Trinajstić information content (AvgIpc) is 3.32. The summed E-state index contributed by atoms with van der Waals surface area (Å²) in [4.78, 5) is 44.3. The van der Waals surface area contributed by atoms with Gasteiger partial charge in [0.2, 0.25) is 0 Å². The SMILES string of the molecule is O=[N+]([O-])c1ccc(CSc2ncnc3c2ncn3[C@@H]2O[C@H](COP(=O)([O-])[O-])[C@@H](O)[C@H]2O)cc1.[Na+].[Na+]. The van der Waals surface area contributed by atoms with Crippen molar-refractivity contribution in [3.05, 3.63) is 52.6 Å². The first kappa shape index (κ1) is 30.7. The van der Waals surface area contributed by atoms with Crippen molar-refractivity contribution in [1.29, 1.82) is 0 Å². The normalized spacial score (nSPS) is 21.9. The molecule has 0 saturated carbocycles. The Morgan fingerprint density at radius 1 is 1.14 bits per heavy atom. The molecule has 0 aliphatic carbocycles. The number of phosphoric acid groups is 1. The molecule has 1 aliphatic rings. The maximum Gasteiger partial charge on any atom is 1.00 e. The molecular formula is C17H16N5Na2O9PS. The van der Waals surface area contributed by atoms with Crippen molar-refractivity contribution in [2.75, 3.05) is 6.61 Å². The quantitative estimate of drug-likeness (QED) is 0.0677. The van der Waals surface area contributed by atoms with Gasteiger partial charge in [-0.15, -0.1) is 0 Å². The van der Waals surface area contributed by atoms with Gasteiger partial charge in [0.25, 0.3) is 5.69 Å². The van der Waals surface area contributed by atoms with Gasteiger partial charge in [-0.25, -0.2) is 15.0 Å². The van der Waals surface area contributed by atoms with E-state index in [2.05, 4.69) is 19.5 Å². The molecule has 0 radical (unpaired) electrons. The molecule has 4 rings (SSSR count). The smallest absolute Gasteiger partial charge is 0.790 e. The number of rotatable bonds is 8. The Kier molecular flexibility index (Phi) is 11.3. The Balaban J connectivity index is 0.00000216. The largest absolute Gasteiger partial charge is 1.00 e. The van der Waals surface area contributed by atoms with Gasteiger partial charge in [0, 0.05) is 17.9 Å². The van der Waals surface area contributed by atoms with E-state index in [1.54, 1.807) is 12.1 Å². The number of aliphatic hydroxyl groups is 2. The van der Waals surface area contributed by atoms with Crippen molar-refractivity contribution in [2.24, 2.45) is 0 Å². The number of hydrogen-bond donors (Lipinski definition) is 2. The Labute approximate surface area is 246 Å². The maximum absolute atomic E-state index is 10.8. The monoisotopic (exact) mass is 543 g/mol. The zero-order chi connectivity index (χ0) is 23.8. The zero-order valence-corrected chi connectivity index (χ0v) is 24.2. The predicted molar refractivity (Wildman–Crippen MR) is 107 cm³/mol. The van der Waals surface area contributed by atoms with Crippen molar-refractivity contribution >= 4 is 36.4 Å². The van der Waals surface area contributed by atoms with E-state index in [1.807, 2.05) is 0 Å². The van der Waals surface area contributed by atoms with Crippen LogP contribution < -0.4 is 68.9 Å². The van der Waals surface area contributed by atoms with Crippen LogP contribution in [0.15, 0.2) is 41.9 Å². The van der Waals surface area contributed by atoms with E-state index in [-0.39, 0.29) is 70.4 Å². The van der Waals surface area contributed by atoms with Gasteiger partial charge in [0.15, 0.2) is 11.9 Å². The van der Waals surface area contributed by atoms with Gasteiger partial charge in [0.1, 0.15) is 35.2 Å². The van der Waals surface area contributed by atoms with E-state index in [0.29, 0.717) is 16.3 Å². The summed E-state index contributed by atoms with van der Waals surface area (Å²) < 4.78 is 21.7. The molecule has 1 aliphatic heterocycles. The third kappa shape index (κ3) is 7.30. The fraction of sp³-hybridized carbons (Fsp3) is 0.353. The number of non-ortho nitro benzene ring substituents is 1. The van der Waals surface area contributed by atoms with Crippen LogP contribution in [-0.4, -0.2) is 59.6 Å². The number of imidazole rings is 1. The summed E-state index contributed by atoms with van der Waals surface area (Å²) in [5, 5.41) is 31.8. The molecule has 0 amide bonds. The van der Waals surface area contributed by atoms with Crippen LogP contribution in [0.4, 0.5) is 5.69 Å². The molecule has 18 heteroatoms. The number of nitrogens with zero attached hydrogens (tertiary/aromatic N) is 5. The van der Waals surface area contributed by atoms with E-state index in [4.69, 9.17) is 4.74 Å². The standard InChI is InChI=1S/C17H18N5O9PS.2Na/c23-13-11(5-30-32(27,28)29)31-17(14(13)24)21-8-20-12-15(21)18-7-19-16(12)33-6-9-1-3-10(4-2-9)22(25)26;;/h1-4,7-8,11,13-14,17,23-24H,5-6H2,(H2,27,28,29);;/q;2*+1/p-2/t11-,13-,14-,17-;;/m1../s1. The minimum atomic E-state index is -5.28. The minimum Gasteiger partial charge on any atom is -0.790 e. The number of nitro groups is 1. The average molecular weight is 543 g/mol. The van der Waals surface area contributed by atoms with Gasteiger partial charge >= 0.3 is 59.1 Å². The predicted octanol–water partition coefficient (Wildman–Crippen LogP) is -6.50. The molecular weight excluding hydrogens is 527 g/mol. The number of aliphatic hydroxyl groups excluding tert-OH is 2. The van der Waals surface area contributed by atoms with Gasteiger partial charge in [0.05, 0.1) is 25.7 Å². The second-order valence-electron chi connectivity index (χ2n) is 7.00. The van der Waals surface area contributed by atoms with Crippen molar-refractivity contribution in [3.8, 4) is 0 Å². The molecule has 14 nitrogen and oxygen atoms in total. The van der Waals surface area contributed by atoms with E-state index in [9.17, 15) is 34.7 Å². The molecule has 0 spiro atoms. The van der Waals surface area contributed by atoms with Crippen molar-refractivity contribution in [2.45, 2.75) is 35.3 Å². The first-order chi connectivity index (χ1) is 15.6. The maximum atomic E-state index is 10.8. The van der Waals surface area contributed by atoms with E-state index >= 15 is 0 Å². The van der Waals surface area contributed by atoms with Gasteiger partial charge in [-0.05, 0) is 5.56 Å². The van der Waals surface area contributed by atoms with E-state index in [0.717, 1.165) is 5.56 Å². The number of benzene rings is 1. The topological polar surface area (TPSA) is 209 Å². The Morgan fingerprint density at radius 2 is 1.83 bits per heavy atom. The number of nitro benzene ring substituents is 1. The van der Waals surface area contributed by atoms with Crippen LogP contribution in [0, 0.1) is 10.1 Å². The molecule has 4 atom stereocenters. The molecule has 1 aromatic carbocycles. The van der Waals surface area contributed by atoms with Gasteiger partial charge in [-0.3, -0.25) is 14.7 Å². The van der Waals surface area contributed by atoms with Gasteiger partial charge in [-0.2, -0.15) is 0 Å². The second kappa shape index (κ2) is 12.8. The zero-order valence-electron chi connectivity index (χ0n) is 18.5. The Bertz CT molecular complexity index is 1210. The molecule has 1 fully saturated rings. The number of ether oxygens (including phenoxy) is 1. The summed E-state index contributed by atoms with van der Waals surface area (Å²) >= 11 is 1.32. The number of fused-ring (bicyclic) bond motifs is 1. The summed E-state index contributed by atoms with van der Waals surface area (Å²) in [5.74, 6) is 0.447. The van der Waals surface area contributed by atoms with E-state index < -0.39 is 43.9 Å². The van der Waals surface area contributed by atoms with Crippen LogP contribution in [0.2, 0.25) is 0 Å². The molecule has 2 N–H and O–H groups in total. The molecule has 2 aromatic heterocycles. The van der Waals surface area contributed by atoms with E-state index in [1.165, 1.54) is 41.1 Å². The summed E-state index contributed by atoms with van der Waals surface area (Å²) in [5.41, 5.74) is 1.48. The third-order valence-corrected chi connectivity index (χ3v) is 6.37. The van der Waals surface area contributed by atoms with Crippen LogP contribution in [0.25, 0.3) is 11.2 Å². The summed E-state index contributed by atoms with van der Waals surface area (Å²) in [6.45, 7) is -0.753. The van der Waals surface area contributed by atoms with Crippen LogP contribution in [0.3, 0.4) is 0 Å². The summed E-state index contributed by atoms with van der Waals surface area (Å²) in [7, 11) is -5.28. The number of thioether (sulfide) groups is 1. The number of phosphoric ester groups is 1. The fourth-order valence-electron chi connectivity index (χ4n) is 3.25. The number of hydrogen-bond acceptors (Lipinski definition) is 13. The minimum absolute atomic E-state index is 0. The molecule has 0 unspecified atom stereocenters. The second-order valence-corrected chi connectivity index (χ2v) is 9.12. The molecule has 1 saturated heterocycles. The van der Waals surface area contributed by atoms with Crippen molar-refractivity contribution in [3.63, 3.8) is 0 Å². The number of aromatic nitrogens is 4. The van der Waals surface area contributed by atoms with Gasteiger partial charge in [-0.1, -0.05) is 23.9 Å². The molecule has 35 heavy (non-hydrogen) atoms. The Morgan fingerprint density at radius 3 is 2.46 bits per heavy atom. The van der Waals surface area contributed by atoms with Gasteiger partial charge < -0.3 is 33.8 Å². The van der Waals surface area contributed by atoms with Crippen LogP contribution in [0.5, 0.6) is 0 Å². The Hall–Kier alpha value is -0.490. The molecule has 3 heterocycles.